The maximum Gasteiger partial charge on any atom is 0.227 e. The van der Waals surface area contributed by atoms with E-state index in [4.69, 9.17) is 14.6 Å². The van der Waals surface area contributed by atoms with Gasteiger partial charge in [-0.2, -0.15) is 5.10 Å². The van der Waals surface area contributed by atoms with Crippen LogP contribution in [0.15, 0.2) is 54.6 Å². The summed E-state index contributed by atoms with van der Waals surface area (Å²) < 4.78 is 14.1. The molecule has 1 heterocycles. The van der Waals surface area contributed by atoms with Crippen LogP contribution >= 0.6 is 0 Å². The van der Waals surface area contributed by atoms with Gasteiger partial charge < -0.3 is 14.6 Å². The largest absolute Gasteiger partial charge is 0.439 e. The summed E-state index contributed by atoms with van der Waals surface area (Å²) in [4.78, 5) is 2.34. The minimum atomic E-state index is -0.529. The highest BCUT2D eigenvalue weighted by Crippen LogP contribution is 2.34. The van der Waals surface area contributed by atoms with Crippen LogP contribution in [-0.4, -0.2) is 52.2 Å². The number of aliphatic hydroxyl groups excluding tert-OH is 1. The number of aromatic nitrogens is 2. The Morgan fingerprint density at radius 3 is 2.40 bits per heavy atom. The van der Waals surface area contributed by atoms with E-state index in [2.05, 4.69) is 37.8 Å². The lowest BCUT2D eigenvalue weighted by Crippen LogP contribution is -2.36. The van der Waals surface area contributed by atoms with Crippen molar-refractivity contribution in [2.75, 3.05) is 26.3 Å². The van der Waals surface area contributed by atoms with Gasteiger partial charge in [0.05, 0.1) is 29.7 Å². The van der Waals surface area contributed by atoms with Gasteiger partial charge in [-0.15, -0.1) is 0 Å². The van der Waals surface area contributed by atoms with Crippen molar-refractivity contribution in [1.82, 2.24) is 14.7 Å². The van der Waals surface area contributed by atoms with Gasteiger partial charge >= 0.3 is 0 Å². The number of aryl methyl sites for hydroxylation is 2. The predicted molar refractivity (Wildman–Crippen MR) is 139 cm³/mol. The Balaban J connectivity index is 1.59. The molecule has 0 radical (unpaired) electrons. The van der Waals surface area contributed by atoms with Crippen molar-refractivity contribution in [3.8, 4) is 17.3 Å². The smallest absolute Gasteiger partial charge is 0.227 e. The van der Waals surface area contributed by atoms with Gasteiger partial charge in [0.15, 0.2) is 0 Å². The first-order chi connectivity index (χ1) is 16.9. The highest BCUT2D eigenvalue weighted by Gasteiger charge is 2.28. The highest BCUT2D eigenvalue weighted by molar-refractivity contribution is 5.43. The van der Waals surface area contributed by atoms with Crippen LogP contribution in [0.3, 0.4) is 0 Å². The van der Waals surface area contributed by atoms with Crippen molar-refractivity contribution in [2.24, 2.45) is 11.8 Å². The molecule has 1 fully saturated rings. The fourth-order valence-electron chi connectivity index (χ4n) is 4.17. The van der Waals surface area contributed by atoms with Crippen molar-refractivity contribution >= 4 is 0 Å². The molecule has 0 saturated heterocycles. The molecule has 2 aromatic carbocycles. The SMILES string of the molecule is Cc1ccc(Oc2c(CN(CC(O)COCC(C)C)CC3CC3)c(C)nn2-c2ccccc2)cc1. The van der Waals surface area contributed by atoms with Crippen LogP contribution in [0.25, 0.3) is 5.69 Å². The van der Waals surface area contributed by atoms with Crippen LogP contribution in [0.1, 0.15) is 43.5 Å². The number of nitrogens with zero attached hydrogens (tertiary/aromatic N) is 3. The van der Waals surface area contributed by atoms with E-state index in [9.17, 15) is 5.11 Å². The average molecular weight is 478 g/mol. The average Bonchev–Trinajstić information content (AvgIpc) is 3.60. The van der Waals surface area contributed by atoms with Crippen LogP contribution in [-0.2, 0) is 11.3 Å². The van der Waals surface area contributed by atoms with Gasteiger partial charge in [0, 0.05) is 26.2 Å². The number of ether oxygens (including phenoxy) is 2. The molecule has 1 unspecified atom stereocenters. The van der Waals surface area contributed by atoms with Gasteiger partial charge in [-0.3, -0.25) is 4.90 Å². The van der Waals surface area contributed by atoms with Crippen LogP contribution in [0.4, 0.5) is 0 Å². The maximum atomic E-state index is 10.7. The fraction of sp³-hybridized carbons (Fsp3) is 0.483. The predicted octanol–water partition coefficient (Wildman–Crippen LogP) is 5.53. The standard InChI is InChI=1S/C29H39N3O3/c1-21(2)19-34-20-26(33)17-31(16-24-12-13-24)18-28-23(4)30-32(25-8-6-5-7-9-25)29(28)35-27-14-10-22(3)11-15-27/h5-11,14-15,21,24,26,33H,12-13,16-20H2,1-4H3. The first-order valence-corrected chi connectivity index (χ1v) is 12.8. The van der Waals surface area contributed by atoms with Crippen LogP contribution in [0, 0.1) is 25.7 Å². The van der Waals surface area contributed by atoms with Crippen molar-refractivity contribution in [3.05, 3.63) is 71.4 Å². The van der Waals surface area contributed by atoms with Gasteiger partial charge in [0.25, 0.3) is 0 Å². The molecule has 35 heavy (non-hydrogen) atoms. The molecular formula is C29H39N3O3. The summed E-state index contributed by atoms with van der Waals surface area (Å²) in [6.45, 7) is 11.6. The summed E-state index contributed by atoms with van der Waals surface area (Å²) in [6.07, 6.45) is 1.98. The summed E-state index contributed by atoms with van der Waals surface area (Å²) in [7, 11) is 0. The van der Waals surface area contributed by atoms with E-state index in [1.54, 1.807) is 0 Å². The number of aliphatic hydroxyl groups is 1. The molecule has 0 spiro atoms. The highest BCUT2D eigenvalue weighted by atomic mass is 16.5. The fourth-order valence-corrected chi connectivity index (χ4v) is 4.17. The van der Waals surface area contributed by atoms with Gasteiger partial charge in [0.1, 0.15) is 5.75 Å². The zero-order valence-corrected chi connectivity index (χ0v) is 21.5. The summed E-state index contributed by atoms with van der Waals surface area (Å²) in [6, 6.07) is 18.2. The summed E-state index contributed by atoms with van der Waals surface area (Å²) in [5.74, 6) is 2.66. The lowest BCUT2D eigenvalue weighted by molar-refractivity contribution is 0.00609. The number of hydrogen-bond donors (Lipinski definition) is 1. The Labute approximate surface area is 209 Å². The van der Waals surface area contributed by atoms with E-state index in [-0.39, 0.29) is 0 Å². The second-order valence-electron chi connectivity index (χ2n) is 10.3. The Morgan fingerprint density at radius 2 is 1.74 bits per heavy atom. The Bertz CT molecular complexity index is 1060. The number of hydrogen-bond acceptors (Lipinski definition) is 5. The third-order valence-corrected chi connectivity index (χ3v) is 6.20. The third kappa shape index (κ3) is 7.40. The van der Waals surface area contributed by atoms with Gasteiger partial charge in [-0.1, -0.05) is 49.7 Å². The molecule has 6 heteroatoms. The molecule has 188 valence electrons. The molecule has 6 nitrogen and oxygen atoms in total. The molecule has 0 bridgehead atoms. The van der Waals surface area contributed by atoms with Crippen molar-refractivity contribution in [1.29, 1.82) is 0 Å². The molecule has 3 aromatic rings. The molecule has 0 amide bonds. The van der Waals surface area contributed by atoms with Crippen LogP contribution in [0.5, 0.6) is 11.6 Å². The minimum Gasteiger partial charge on any atom is -0.439 e. The summed E-state index contributed by atoms with van der Waals surface area (Å²) in [5, 5.41) is 15.6. The van der Waals surface area contributed by atoms with Crippen molar-refractivity contribution in [3.63, 3.8) is 0 Å². The summed E-state index contributed by atoms with van der Waals surface area (Å²) >= 11 is 0. The van der Waals surface area contributed by atoms with Gasteiger partial charge in [-0.05, 0) is 62.8 Å². The third-order valence-electron chi connectivity index (χ3n) is 6.20. The second kappa shape index (κ2) is 11.8. The lowest BCUT2D eigenvalue weighted by atomic mass is 10.2. The van der Waals surface area contributed by atoms with E-state index in [0.717, 1.165) is 35.1 Å². The molecule has 1 saturated carbocycles. The van der Waals surface area contributed by atoms with E-state index < -0.39 is 6.10 Å². The Hall–Kier alpha value is -2.67. The van der Waals surface area contributed by atoms with E-state index in [1.807, 2.05) is 54.1 Å². The molecule has 1 N–H and O–H groups in total. The van der Waals surface area contributed by atoms with Gasteiger partial charge in [0.2, 0.25) is 5.88 Å². The maximum absolute atomic E-state index is 10.7. The minimum absolute atomic E-state index is 0.355. The Kier molecular flexibility index (Phi) is 8.60. The quantitative estimate of drug-likeness (QED) is 0.351. The zero-order chi connectivity index (χ0) is 24.8. The second-order valence-corrected chi connectivity index (χ2v) is 10.3. The Morgan fingerprint density at radius 1 is 1.03 bits per heavy atom. The van der Waals surface area contributed by atoms with Crippen LogP contribution in [0.2, 0.25) is 0 Å². The molecule has 1 aliphatic carbocycles. The van der Waals surface area contributed by atoms with E-state index in [1.165, 1.54) is 18.4 Å². The normalized spacial score (nSPS) is 14.6. The number of rotatable bonds is 13. The molecular weight excluding hydrogens is 438 g/mol. The molecule has 4 rings (SSSR count). The van der Waals surface area contributed by atoms with Gasteiger partial charge in [-0.25, -0.2) is 4.68 Å². The van der Waals surface area contributed by atoms with Crippen LogP contribution < -0.4 is 4.74 Å². The molecule has 1 atom stereocenters. The first-order valence-electron chi connectivity index (χ1n) is 12.8. The van der Waals surface area contributed by atoms with E-state index >= 15 is 0 Å². The molecule has 1 aliphatic rings. The van der Waals surface area contributed by atoms with Crippen molar-refractivity contribution < 1.29 is 14.6 Å². The monoisotopic (exact) mass is 477 g/mol. The topological polar surface area (TPSA) is 59.8 Å². The number of benzene rings is 2. The van der Waals surface area contributed by atoms with E-state index in [0.29, 0.717) is 38.1 Å². The zero-order valence-electron chi connectivity index (χ0n) is 21.5. The molecule has 1 aromatic heterocycles. The number of para-hydroxylation sites is 1. The summed E-state index contributed by atoms with van der Waals surface area (Å²) in [5.41, 5.74) is 4.13. The first kappa shape index (κ1) is 25.4. The molecule has 0 aliphatic heterocycles. The lowest BCUT2D eigenvalue weighted by Gasteiger charge is -2.25. The van der Waals surface area contributed by atoms with Crippen molar-refractivity contribution in [2.45, 2.75) is 53.2 Å².